The van der Waals surface area contributed by atoms with Crippen molar-refractivity contribution in [2.45, 2.75) is 81.1 Å². The van der Waals surface area contributed by atoms with Crippen LogP contribution in [0.3, 0.4) is 0 Å². The molecule has 1 aromatic carbocycles. The number of aromatic nitrogens is 7. The number of carbonyl (C=O) groups is 3. The summed E-state index contributed by atoms with van der Waals surface area (Å²) in [5.74, 6) is -0.384. The molecule has 5 aromatic rings. The second-order valence-corrected chi connectivity index (χ2v) is 18.8. The topological polar surface area (TPSA) is 184 Å². The molecule has 1 aliphatic carbocycles. The number of morpholine rings is 1. The van der Waals surface area contributed by atoms with Gasteiger partial charge in [-0.3, -0.25) is 34.0 Å². The Hall–Kier alpha value is -5.57. The van der Waals surface area contributed by atoms with E-state index in [-0.39, 0.29) is 41.3 Å². The van der Waals surface area contributed by atoms with E-state index in [1.54, 1.807) is 21.8 Å². The highest BCUT2D eigenvalue weighted by atomic mass is 19.3. The normalized spacial score (nSPS) is 26.4. The number of piperidine rings is 1. The Morgan fingerprint density at radius 2 is 1.83 bits per heavy atom. The van der Waals surface area contributed by atoms with Gasteiger partial charge in [-0.15, -0.1) is 0 Å². The first-order chi connectivity index (χ1) is 30.9. The van der Waals surface area contributed by atoms with Gasteiger partial charge in [0.15, 0.2) is 11.3 Å². The summed E-state index contributed by atoms with van der Waals surface area (Å²) in [4.78, 5) is 51.9. The number of piperazine rings is 1. The van der Waals surface area contributed by atoms with Gasteiger partial charge >= 0.3 is 0 Å². The van der Waals surface area contributed by atoms with E-state index in [4.69, 9.17) is 14.8 Å². The average molecular weight is 882 g/mol. The zero-order chi connectivity index (χ0) is 43.9. The molecular weight excluding hydrogens is 829 g/mol. The number of fused-ring (bicyclic) bond motifs is 4. The number of amides is 3. The molecule has 338 valence electrons. The summed E-state index contributed by atoms with van der Waals surface area (Å²) >= 11 is 0. The number of anilines is 3. The molecule has 2 bridgehead atoms. The summed E-state index contributed by atoms with van der Waals surface area (Å²) in [6.07, 6.45) is 7.22. The maximum absolute atomic E-state index is 14.3. The Labute approximate surface area is 367 Å². The molecular formula is C44H53F2N13O5. The second-order valence-electron chi connectivity index (χ2n) is 18.8. The van der Waals surface area contributed by atoms with Gasteiger partial charge in [0.25, 0.3) is 12.3 Å². The zero-order valence-electron chi connectivity index (χ0n) is 35.8. The number of benzene rings is 1. The van der Waals surface area contributed by atoms with E-state index >= 15 is 0 Å². The van der Waals surface area contributed by atoms with E-state index in [1.807, 2.05) is 31.3 Å². The lowest BCUT2D eigenvalue weighted by Gasteiger charge is -2.50. The largest absolute Gasteiger partial charge is 0.385 e. The minimum Gasteiger partial charge on any atom is -0.385 e. The molecule has 18 nitrogen and oxygen atoms in total. The van der Waals surface area contributed by atoms with Crippen LogP contribution in [0.5, 0.6) is 0 Å². The molecule has 5 aliphatic heterocycles. The number of hydrogen-bond acceptors (Lipinski definition) is 13. The minimum absolute atomic E-state index is 0.00447. The molecule has 64 heavy (non-hydrogen) atoms. The van der Waals surface area contributed by atoms with Crippen LogP contribution in [0, 0.1) is 5.92 Å². The number of rotatable bonds is 11. The van der Waals surface area contributed by atoms with Crippen molar-refractivity contribution in [1.82, 2.24) is 49.3 Å². The highest BCUT2D eigenvalue weighted by molar-refractivity contribution is 6.08. The summed E-state index contributed by atoms with van der Waals surface area (Å²) in [5, 5.41) is 31.0. The molecule has 1 unspecified atom stereocenters. The SMILES string of the molecule is Cn1nc(C2CCC(=O)NC2=O)c2cccc(N3CC(O)(CN4CCN(CC5CCC(n6cc(NC(=O)c7cnn8ccc(N9C[C@H]%10C[C@@H]9CO%10)nc78)c(C(F)F)n6)CC5)CC4)C3)c21. The van der Waals surface area contributed by atoms with Crippen LogP contribution in [-0.2, 0) is 21.4 Å². The van der Waals surface area contributed by atoms with Gasteiger partial charge < -0.3 is 29.9 Å². The molecule has 0 spiro atoms. The lowest BCUT2D eigenvalue weighted by Crippen LogP contribution is -2.67. The van der Waals surface area contributed by atoms with Crippen LogP contribution in [0.4, 0.5) is 26.0 Å². The molecule has 6 fully saturated rings. The summed E-state index contributed by atoms with van der Waals surface area (Å²) in [6, 6.07) is 8.03. The summed E-state index contributed by atoms with van der Waals surface area (Å²) < 4.78 is 39.3. The Morgan fingerprint density at radius 3 is 2.56 bits per heavy atom. The Kier molecular flexibility index (Phi) is 10.4. The summed E-state index contributed by atoms with van der Waals surface area (Å²) in [6.45, 7) is 7.48. The first-order valence-corrected chi connectivity index (χ1v) is 22.6. The fraction of sp³-hybridized carbons (Fsp3) is 0.568. The number of ether oxygens (including phenoxy) is 1. The number of nitrogens with zero attached hydrogens (tertiary/aromatic N) is 11. The van der Waals surface area contributed by atoms with E-state index in [1.165, 1.54) is 10.7 Å². The van der Waals surface area contributed by atoms with Gasteiger partial charge in [0, 0.05) is 90.2 Å². The lowest BCUT2D eigenvalue weighted by atomic mass is 9.85. The van der Waals surface area contributed by atoms with Gasteiger partial charge in [-0.25, -0.2) is 18.3 Å². The van der Waals surface area contributed by atoms with Crippen molar-refractivity contribution in [1.29, 1.82) is 0 Å². The van der Waals surface area contributed by atoms with E-state index < -0.39 is 29.5 Å². The first-order valence-electron chi connectivity index (χ1n) is 22.6. The number of alkyl halides is 2. The second kappa shape index (κ2) is 16.1. The van der Waals surface area contributed by atoms with E-state index in [0.29, 0.717) is 56.3 Å². The van der Waals surface area contributed by atoms with Crippen molar-refractivity contribution in [2.75, 3.05) is 80.6 Å². The van der Waals surface area contributed by atoms with E-state index in [0.717, 1.165) is 93.8 Å². The fourth-order valence-corrected chi connectivity index (χ4v) is 11.1. The standard InChI is InChI=1S/C44H53F2N13O5/c1-53-39-30(37(51-53)31-9-10-36(60)50-42(31)61)3-2-4-34(39)56-24-44(63,25-56)23-55-15-13-54(14-16-55)19-26-5-7-27(8-6-26)59-21-33(38(52-59)40(45)46)48-43(62)32-18-47-58-12-11-35(49-41(32)58)57-20-29-17-28(57)22-64-29/h2-4,11-12,18,21,26-29,31,40,63H,5-10,13-17,19-20,22-25H2,1H3,(H,48,62)(H,50,60,61)/t26?,27?,28-,29-,31?/m1/s1. The van der Waals surface area contributed by atoms with Gasteiger partial charge in [-0.05, 0) is 56.6 Å². The monoisotopic (exact) mass is 881 g/mol. The maximum atomic E-state index is 14.3. The predicted molar refractivity (Wildman–Crippen MR) is 230 cm³/mol. The number of β-amino-alcohol motifs (C(OH)–C–C–N with tert-alkyl or cyclic N) is 1. The van der Waals surface area contributed by atoms with Crippen LogP contribution in [0.25, 0.3) is 16.6 Å². The number of carbonyl (C=O) groups excluding carboxylic acids is 3. The molecule has 3 atom stereocenters. The highest BCUT2D eigenvalue weighted by Crippen LogP contribution is 2.39. The van der Waals surface area contributed by atoms with Crippen molar-refractivity contribution >= 4 is 51.5 Å². The third kappa shape index (κ3) is 7.56. The van der Waals surface area contributed by atoms with Crippen molar-refractivity contribution in [2.24, 2.45) is 13.0 Å². The predicted octanol–water partition coefficient (Wildman–Crippen LogP) is 3.10. The van der Waals surface area contributed by atoms with Gasteiger partial charge in [0.2, 0.25) is 11.8 Å². The maximum Gasteiger partial charge on any atom is 0.284 e. The van der Waals surface area contributed by atoms with Crippen molar-refractivity contribution in [3.8, 4) is 0 Å². The number of imide groups is 1. The molecule has 20 heteroatoms. The minimum atomic E-state index is -2.86. The molecule has 5 saturated heterocycles. The zero-order valence-corrected chi connectivity index (χ0v) is 35.8. The Balaban J connectivity index is 0.657. The van der Waals surface area contributed by atoms with E-state index in [2.05, 4.69) is 40.4 Å². The van der Waals surface area contributed by atoms with Crippen LogP contribution >= 0.6 is 0 Å². The number of halogens is 2. The molecule has 11 rings (SSSR count). The molecule has 1 saturated carbocycles. The molecule has 3 amide bonds. The lowest BCUT2D eigenvalue weighted by molar-refractivity contribution is -0.134. The number of aryl methyl sites for hydroxylation is 1. The number of para-hydroxylation sites is 1. The van der Waals surface area contributed by atoms with Gasteiger partial charge in [0.05, 0.1) is 59.5 Å². The van der Waals surface area contributed by atoms with Crippen LogP contribution < -0.4 is 20.4 Å². The van der Waals surface area contributed by atoms with Crippen LogP contribution in [0.15, 0.2) is 42.9 Å². The Bertz CT molecular complexity index is 2610. The quantitative estimate of drug-likeness (QED) is 0.165. The van der Waals surface area contributed by atoms with Crippen LogP contribution in [0.1, 0.15) is 85.1 Å². The highest BCUT2D eigenvalue weighted by Gasteiger charge is 2.44. The number of aliphatic hydroxyl groups is 1. The smallest absolute Gasteiger partial charge is 0.284 e. The molecule has 6 aliphatic rings. The molecule has 9 heterocycles. The van der Waals surface area contributed by atoms with Crippen molar-refractivity contribution < 1.29 is 33.0 Å². The number of nitrogens with one attached hydrogen (secondary N) is 2. The summed E-state index contributed by atoms with van der Waals surface area (Å²) in [7, 11) is 1.87. The molecule has 3 N–H and O–H groups in total. The van der Waals surface area contributed by atoms with Gasteiger partial charge in [-0.1, -0.05) is 12.1 Å². The molecule has 4 aromatic heterocycles. The van der Waals surface area contributed by atoms with Gasteiger partial charge in [-0.2, -0.15) is 15.3 Å². The molecule has 0 radical (unpaired) electrons. The fourth-order valence-electron chi connectivity index (χ4n) is 11.1. The van der Waals surface area contributed by atoms with Crippen molar-refractivity contribution in [3.63, 3.8) is 0 Å². The first kappa shape index (κ1) is 41.2. The van der Waals surface area contributed by atoms with Crippen LogP contribution in [0.2, 0.25) is 0 Å². The average Bonchev–Trinajstić information content (AvgIpc) is 4.13. The third-order valence-corrected chi connectivity index (χ3v) is 14.5. The third-order valence-electron chi connectivity index (χ3n) is 14.5. The van der Waals surface area contributed by atoms with Gasteiger partial charge in [0.1, 0.15) is 17.0 Å². The summed E-state index contributed by atoms with van der Waals surface area (Å²) in [5.41, 5.74) is 1.82. The van der Waals surface area contributed by atoms with Crippen molar-refractivity contribution in [3.05, 3.63) is 59.8 Å². The van der Waals surface area contributed by atoms with Crippen LogP contribution in [-0.4, -0.2) is 150 Å². The number of hydrogen-bond donors (Lipinski definition) is 3. The van der Waals surface area contributed by atoms with E-state index in [9.17, 15) is 28.3 Å². The Morgan fingerprint density at radius 1 is 1.03 bits per heavy atom.